The first-order valence-electron chi connectivity index (χ1n) is 9.98. The van der Waals surface area contributed by atoms with Crippen LogP contribution in [0.5, 0.6) is 0 Å². The first-order chi connectivity index (χ1) is 13.9. The van der Waals surface area contributed by atoms with E-state index in [9.17, 15) is 18.8 Å². The molecule has 1 atom stereocenters. The summed E-state index contributed by atoms with van der Waals surface area (Å²) >= 11 is 0. The summed E-state index contributed by atoms with van der Waals surface area (Å²) in [5.41, 5.74) is 0.269. The average molecular weight is 402 g/mol. The van der Waals surface area contributed by atoms with Crippen LogP contribution in [0.4, 0.5) is 10.2 Å². The fraction of sp³-hybridized carbons (Fsp3) is 0.476. The Morgan fingerprint density at radius 1 is 1.24 bits per heavy atom. The van der Waals surface area contributed by atoms with Crippen molar-refractivity contribution < 1.29 is 9.18 Å². The maximum absolute atomic E-state index is 13.0. The van der Waals surface area contributed by atoms with E-state index in [0.717, 1.165) is 23.0 Å². The van der Waals surface area contributed by atoms with Crippen molar-refractivity contribution in [1.29, 1.82) is 0 Å². The van der Waals surface area contributed by atoms with Crippen LogP contribution in [0.2, 0.25) is 0 Å². The topological polar surface area (TPSA) is 76.3 Å². The lowest BCUT2D eigenvalue weighted by Gasteiger charge is -2.34. The smallest absolute Gasteiger partial charge is 0.332 e. The maximum Gasteiger partial charge on any atom is 0.332 e. The second kappa shape index (κ2) is 9.07. The van der Waals surface area contributed by atoms with Gasteiger partial charge < -0.3 is 10.2 Å². The maximum atomic E-state index is 13.0. The summed E-state index contributed by atoms with van der Waals surface area (Å²) in [6.45, 7) is 3.96. The number of nitrogens with one attached hydrogen (secondary N) is 1. The number of hydrogen-bond acceptors (Lipinski definition) is 4. The quantitative estimate of drug-likeness (QED) is 0.790. The number of nitrogens with zero attached hydrogens (tertiary/aromatic N) is 3. The number of anilines is 1. The van der Waals surface area contributed by atoms with Crippen molar-refractivity contribution in [2.75, 3.05) is 24.5 Å². The number of halogens is 1. The number of aromatic nitrogens is 2. The van der Waals surface area contributed by atoms with E-state index >= 15 is 0 Å². The Labute approximate surface area is 168 Å². The van der Waals surface area contributed by atoms with E-state index in [1.165, 1.54) is 25.2 Å². The zero-order chi connectivity index (χ0) is 21.0. The Kier molecular flexibility index (Phi) is 6.51. The summed E-state index contributed by atoms with van der Waals surface area (Å²) in [4.78, 5) is 39.1. The molecule has 0 aliphatic carbocycles. The zero-order valence-corrected chi connectivity index (χ0v) is 16.9. The SMILES string of the molecule is CCn1c(N2CCCC(C(=O)NCCc3ccc(F)cc3)C2)cc(=O)n(C)c1=O. The molecule has 1 unspecified atom stereocenters. The monoisotopic (exact) mass is 402 g/mol. The Hall–Kier alpha value is -2.90. The molecule has 1 amide bonds. The van der Waals surface area contributed by atoms with Crippen LogP contribution in [0.1, 0.15) is 25.3 Å². The molecule has 1 aromatic heterocycles. The highest BCUT2D eigenvalue weighted by Gasteiger charge is 2.27. The van der Waals surface area contributed by atoms with Crippen LogP contribution in [0.15, 0.2) is 39.9 Å². The lowest BCUT2D eigenvalue weighted by Crippen LogP contribution is -2.47. The molecule has 1 aliphatic rings. The minimum absolute atomic E-state index is 0.0361. The van der Waals surface area contributed by atoms with Crippen molar-refractivity contribution in [3.63, 3.8) is 0 Å². The number of carbonyl (C=O) groups excluding carboxylic acids is 1. The third-order valence-corrected chi connectivity index (χ3v) is 5.44. The molecule has 0 radical (unpaired) electrons. The largest absolute Gasteiger partial charge is 0.357 e. The van der Waals surface area contributed by atoms with Gasteiger partial charge in [-0.2, -0.15) is 0 Å². The molecule has 2 aromatic rings. The minimum Gasteiger partial charge on any atom is -0.357 e. The molecule has 3 rings (SSSR count). The third-order valence-electron chi connectivity index (χ3n) is 5.44. The van der Waals surface area contributed by atoms with Gasteiger partial charge in [0, 0.05) is 39.3 Å². The van der Waals surface area contributed by atoms with E-state index in [2.05, 4.69) is 5.32 Å². The van der Waals surface area contributed by atoms with Gasteiger partial charge in [-0.15, -0.1) is 0 Å². The highest BCUT2D eigenvalue weighted by Crippen LogP contribution is 2.22. The molecule has 8 heteroatoms. The van der Waals surface area contributed by atoms with Crippen LogP contribution in [0.3, 0.4) is 0 Å². The second-order valence-electron chi connectivity index (χ2n) is 7.38. The highest BCUT2D eigenvalue weighted by molar-refractivity contribution is 5.79. The third kappa shape index (κ3) is 4.75. The Balaban J connectivity index is 1.64. The normalized spacial score (nSPS) is 16.7. The van der Waals surface area contributed by atoms with Gasteiger partial charge in [0.1, 0.15) is 11.6 Å². The van der Waals surface area contributed by atoms with Gasteiger partial charge in [-0.1, -0.05) is 12.1 Å². The van der Waals surface area contributed by atoms with Gasteiger partial charge >= 0.3 is 5.69 Å². The van der Waals surface area contributed by atoms with Crippen LogP contribution >= 0.6 is 0 Å². The molecule has 1 aromatic carbocycles. The standard InChI is InChI=1S/C21H27FN4O3/c1-3-26-18(13-19(27)24(2)21(26)29)25-12-4-5-16(14-25)20(28)23-11-10-15-6-8-17(22)9-7-15/h6-9,13,16H,3-5,10-12,14H2,1-2H3,(H,23,28). The summed E-state index contributed by atoms with van der Waals surface area (Å²) in [7, 11) is 1.47. The average Bonchev–Trinajstić information content (AvgIpc) is 2.73. The predicted molar refractivity (Wildman–Crippen MR) is 110 cm³/mol. The van der Waals surface area contributed by atoms with E-state index in [1.54, 1.807) is 16.7 Å². The molecular weight excluding hydrogens is 375 g/mol. The van der Waals surface area contributed by atoms with E-state index in [-0.39, 0.29) is 28.9 Å². The molecule has 0 spiro atoms. The van der Waals surface area contributed by atoms with Gasteiger partial charge in [-0.05, 0) is 43.9 Å². The second-order valence-corrected chi connectivity index (χ2v) is 7.38. The van der Waals surface area contributed by atoms with Crippen molar-refractivity contribution in [2.45, 2.75) is 32.7 Å². The lowest BCUT2D eigenvalue weighted by molar-refractivity contribution is -0.125. The Morgan fingerprint density at radius 2 is 1.97 bits per heavy atom. The van der Waals surface area contributed by atoms with Crippen LogP contribution in [-0.2, 0) is 24.8 Å². The van der Waals surface area contributed by atoms with Crippen molar-refractivity contribution in [2.24, 2.45) is 13.0 Å². The van der Waals surface area contributed by atoms with E-state index < -0.39 is 0 Å². The van der Waals surface area contributed by atoms with Gasteiger partial charge in [0.25, 0.3) is 5.56 Å². The summed E-state index contributed by atoms with van der Waals surface area (Å²) < 4.78 is 15.6. The molecule has 29 heavy (non-hydrogen) atoms. The van der Waals surface area contributed by atoms with Crippen molar-refractivity contribution >= 4 is 11.7 Å². The summed E-state index contributed by atoms with van der Waals surface area (Å²) in [6.07, 6.45) is 2.20. The fourth-order valence-corrected chi connectivity index (χ4v) is 3.74. The molecule has 0 saturated carbocycles. The van der Waals surface area contributed by atoms with Crippen molar-refractivity contribution in [1.82, 2.24) is 14.5 Å². The number of benzene rings is 1. The molecule has 1 saturated heterocycles. The molecule has 156 valence electrons. The summed E-state index contributed by atoms with van der Waals surface area (Å²) in [5, 5.41) is 2.95. The zero-order valence-electron chi connectivity index (χ0n) is 16.9. The molecule has 2 heterocycles. The molecule has 0 bridgehead atoms. The summed E-state index contributed by atoms with van der Waals surface area (Å²) in [6, 6.07) is 7.72. The number of carbonyl (C=O) groups is 1. The fourth-order valence-electron chi connectivity index (χ4n) is 3.74. The summed E-state index contributed by atoms with van der Waals surface area (Å²) in [5.74, 6) is 0.0540. The van der Waals surface area contributed by atoms with Crippen molar-refractivity contribution in [3.8, 4) is 0 Å². The van der Waals surface area contributed by atoms with Gasteiger partial charge in [0.05, 0.1) is 5.92 Å². The van der Waals surface area contributed by atoms with E-state index in [1.807, 2.05) is 11.8 Å². The van der Waals surface area contributed by atoms with Gasteiger partial charge in [-0.25, -0.2) is 9.18 Å². The number of hydrogen-bond donors (Lipinski definition) is 1. The van der Waals surface area contributed by atoms with E-state index in [0.29, 0.717) is 38.4 Å². The van der Waals surface area contributed by atoms with Crippen LogP contribution in [-0.4, -0.2) is 34.7 Å². The van der Waals surface area contributed by atoms with Gasteiger partial charge in [0.15, 0.2) is 0 Å². The van der Waals surface area contributed by atoms with Crippen LogP contribution in [0, 0.1) is 11.7 Å². The molecule has 1 N–H and O–H groups in total. The Morgan fingerprint density at radius 3 is 2.66 bits per heavy atom. The highest BCUT2D eigenvalue weighted by atomic mass is 19.1. The van der Waals surface area contributed by atoms with E-state index in [4.69, 9.17) is 0 Å². The number of rotatable bonds is 6. The Bertz CT molecular complexity index is 981. The minimum atomic E-state index is -0.347. The molecule has 1 fully saturated rings. The molecule has 1 aliphatic heterocycles. The van der Waals surface area contributed by atoms with Gasteiger partial charge in [0.2, 0.25) is 5.91 Å². The van der Waals surface area contributed by atoms with Gasteiger partial charge in [-0.3, -0.25) is 18.7 Å². The van der Waals surface area contributed by atoms with Crippen LogP contribution in [0.25, 0.3) is 0 Å². The number of amides is 1. The number of piperidine rings is 1. The molecule has 7 nitrogen and oxygen atoms in total. The first-order valence-corrected chi connectivity index (χ1v) is 9.98. The molecular formula is C21H27FN4O3. The first kappa shape index (κ1) is 20.8. The van der Waals surface area contributed by atoms with Crippen LogP contribution < -0.4 is 21.5 Å². The van der Waals surface area contributed by atoms with Crippen molar-refractivity contribution in [3.05, 3.63) is 62.6 Å². The predicted octanol–water partition coefficient (Wildman–Crippen LogP) is 1.28. The lowest BCUT2D eigenvalue weighted by atomic mass is 9.97.